The molecule has 0 aromatic heterocycles. The van der Waals surface area contributed by atoms with Gasteiger partial charge in [-0.3, -0.25) is 0 Å². The van der Waals surface area contributed by atoms with Crippen LogP contribution in [-0.2, 0) is 16.1 Å². The molecule has 1 aliphatic rings. The number of carbonyl (C=O) groups excluding carboxylic acids is 1. The first kappa shape index (κ1) is 16.3. The van der Waals surface area contributed by atoms with E-state index in [1.165, 1.54) is 12.8 Å². The molecule has 116 valence electrons. The summed E-state index contributed by atoms with van der Waals surface area (Å²) in [6.45, 7) is 3.22. The highest BCUT2D eigenvalue weighted by atomic mass is 79.9. The smallest absolute Gasteiger partial charge is 0.344 e. The number of para-hydroxylation sites is 1. The Morgan fingerprint density at radius 3 is 2.95 bits per heavy atom. The first-order valence-electron chi connectivity index (χ1n) is 7.50. The van der Waals surface area contributed by atoms with E-state index in [0.717, 1.165) is 35.2 Å². The van der Waals surface area contributed by atoms with Crippen LogP contribution in [0.3, 0.4) is 0 Å². The maximum atomic E-state index is 11.6. The molecule has 0 unspecified atom stereocenters. The van der Waals surface area contributed by atoms with E-state index in [4.69, 9.17) is 9.47 Å². The van der Waals surface area contributed by atoms with Crippen molar-refractivity contribution in [1.29, 1.82) is 0 Å². The van der Waals surface area contributed by atoms with Crippen LogP contribution in [0.1, 0.15) is 38.2 Å². The van der Waals surface area contributed by atoms with Gasteiger partial charge in [0.1, 0.15) is 5.75 Å². The van der Waals surface area contributed by atoms with E-state index in [1.807, 2.05) is 18.2 Å². The fourth-order valence-electron chi connectivity index (χ4n) is 1.90. The quantitative estimate of drug-likeness (QED) is 0.544. The van der Waals surface area contributed by atoms with Gasteiger partial charge in [0.15, 0.2) is 6.61 Å². The summed E-state index contributed by atoms with van der Waals surface area (Å²) in [5.41, 5.74) is 1.05. The van der Waals surface area contributed by atoms with Gasteiger partial charge < -0.3 is 14.8 Å². The molecule has 5 heteroatoms. The van der Waals surface area contributed by atoms with Crippen molar-refractivity contribution < 1.29 is 14.3 Å². The van der Waals surface area contributed by atoms with Crippen molar-refractivity contribution in [3.8, 4) is 5.75 Å². The normalized spacial score (nSPS) is 14.0. The van der Waals surface area contributed by atoms with E-state index in [9.17, 15) is 4.79 Å². The van der Waals surface area contributed by atoms with Gasteiger partial charge in [-0.05, 0) is 41.3 Å². The Hall–Kier alpha value is -1.07. The van der Waals surface area contributed by atoms with Crippen LogP contribution in [0.15, 0.2) is 22.7 Å². The number of hydrogen-bond acceptors (Lipinski definition) is 4. The van der Waals surface area contributed by atoms with E-state index in [2.05, 4.69) is 28.2 Å². The summed E-state index contributed by atoms with van der Waals surface area (Å²) in [6.07, 6.45) is 4.38. The van der Waals surface area contributed by atoms with Crippen molar-refractivity contribution in [2.75, 3.05) is 13.2 Å². The van der Waals surface area contributed by atoms with Gasteiger partial charge in [0.25, 0.3) is 0 Å². The van der Waals surface area contributed by atoms with Crippen molar-refractivity contribution in [3.63, 3.8) is 0 Å². The first-order valence-corrected chi connectivity index (χ1v) is 8.29. The molecule has 1 fully saturated rings. The molecule has 1 aromatic carbocycles. The minimum Gasteiger partial charge on any atom is -0.480 e. The van der Waals surface area contributed by atoms with E-state index < -0.39 is 0 Å². The zero-order chi connectivity index (χ0) is 15.1. The van der Waals surface area contributed by atoms with Crippen LogP contribution < -0.4 is 10.1 Å². The fourth-order valence-corrected chi connectivity index (χ4v) is 2.42. The van der Waals surface area contributed by atoms with Crippen molar-refractivity contribution in [2.45, 2.75) is 45.2 Å². The van der Waals surface area contributed by atoms with E-state index in [-0.39, 0.29) is 12.6 Å². The molecule has 0 atom stereocenters. The molecule has 0 aliphatic heterocycles. The van der Waals surface area contributed by atoms with Gasteiger partial charge in [0.05, 0.1) is 11.1 Å². The molecule has 4 nitrogen and oxygen atoms in total. The molecule has 0 radical (unpaired) electrons. The summed E-state index contributed by atoms with van der Waals surface area (Å²) in [6, 6.07) is 6.53. The standard InChI is InChI=1S/C16H22BrNO3/c1-2-3-9-20-15(19)11-21-16-12(5-4-6-14(16)17)10-18-13-7-8-13/h4-6,13,18H,2-3,7-11H2,1H3. The molecular formula is C16H22BrNO3. The third kappa shape index (κ3) is 5.67. The number of hydrogen-bond donors (Lipinski definition) is 1. The summed E-state index contributed by atoms with van der Waals surface area (Å²) >= 11 is 3.48. The lowest BCUT2D eigenvalue weighted by molar-refractivity contribution is -0.146. The van der Waals surface area contributed by atoms with Crippen LogP contribution in [0.2, 0.25) is 0 Å². The molecule has 1 aromatic rings. The second kappa shape index (κ2) is 8.39. The number of unbranched alkanes of at least 4 members (excludes halogenated alkanes) is 1. The highest BCUT2D eigenvalue weighted by Gasteiger charge is 2.21. The molecule has 1 saturated carbocycles. The average molecular weight is 356 g/mol. The van der Waals surface area contributed by atoms with E-state index in [1.54, 1.807) is 0 Å². The highest BCUT2D eigenvalue weighted by molar-refractivity contribution is 9.10. The van der Waals surface area contributed by atoms with Gasteiger partial charge in [-0.25, -0.2) is 4.79 Å². The predicted octanol–water partition coefficient (Wildman–Crippen LogP) is 3.42. The van der Waals surface area contributed by atoms with Gasteiger partial charge in [-0.2, -0.15) is 0 Å². The highest BCUT2D eigenvalue weighted by Crippen LogP contribution is 2.30. The van der Waals surface area contributed by atoms with E-state index in [0.29, 0.717) is 12.6 Å². The monoisotopic (exact) mass is 355 g/mol. The van der Waals surface area contributed by atoms with Gasteiger partial charge >= 0.3 is 5.97 Å². The van der Waals surface area contributed by atoms with Gasteiger partial charge in [-0.1, -0.05) is 25.5 Å². The number of ether oxygens (including phenoxy) is 2. The summed E-state index contributed by atoms with van der Waals surface area (Å²) in [7, 11) is 0. The fraction of sp³-hybridized carbons (Fsp3) is 0.562. The summed E-state index contributed by atoms with van der Waals surface area (Å²) < 4.78 is 11.6. The second-order valence-electron chi connectivity index (χ2n) is 5.25. The zero-order valence-electron chi connectivity index (χ0n) is 12.4. The molecule has 21 heavy (non-hydrogen) atoms. The predicted molar refractivity (Wildman–Crippen MR) is 85.4 cm³/mol. The number of carbonyl (C=O) groups is 1. The Bertz CT molecular complexity index is 475. The van der Waals surface area contributed by atoms with Crippen LogP contribution >= 0.6 is 15.9 Å². The number of nitrogens with one attached hydrogen (secondary N) is 1. The molecular weight excluding hydrogens is 334 g/mol. The lowest BCUT2D eigenvalue weighted by Gasteiger charge is -2.13. The third-order valence-corrected chi connectivity index (χ3v) is 3.93. The van der Waals surface area contributed by atoms with Crippen LogP contribution in [0.4, 0.5) is 0 Å². The Kier molecular flexibility index (Phi) is 6.51. The zero-order valence-corrected chi connectivity index (χ0v) is 13.9. The molecule has 0 heterocycles. The summed E-state index contributed by atoms with van der Waals surface area (Å²) in [5.74, 6) is 0.401. The number of halogens is 1. The van der Waals surface area contributed by atoms with Gasteiger partial charge in [-0.15, -0.1) is 0 Å². The topological polar surface area (TPSA) is 47.6 Å². The Balaban J connectivity index is 1.86. The third-order valence-electron chi connectivity index (χ3n) is 3.30. The average Bonchev–Trinajstić information content (AvgIpc) is 3.28. The van der Waals surface area contributed by atoms with Crippen molar-refractivity contribution >= 4 is 21.9 Å². The van der Waals surface area contributed by atoms with Crippen molar-refractivity contribution in [3.05, 3.63) is 28.2 Å². The van der Waals surface area contributed by atoms with Crippen molar-refractivity contribution in [2.24, 2.45) is 0 Å². The Morgan fingerprint density at radius 1 is 1.43 bits per heavy atom. The number of esters is 1. The molecule has 0 amide bonds. The van der Waals surface area contributed by atoms with Crippen LogP contribution in [0.25, 0.3) is 0 Å². The SMILES string of the molecule is CCCCOC(=O)COc1c(Br)cccc1CNC1CC1. The number of benzene rings is 1. The molecule has 1 N–H and O–H groups in total. The number of rotatable bonds is 9. The Labute approximate surface area is 134 Å². The minimum absolute atomic E-state index is 0.0528. The maximum Gasteiger partial charge on any atom is 0.344 e. The van der Waals surface area contributed by atoms with Gasteiger partial charge in [0, 0.05) is 18.2 Å². The lowest BCUT2D eigenvalue weighted by Crippen LogP contribution is -2.19. The van der Waals surface area contributed by atoms with Crippen LogP contribution in [-0.4, -0.2) is 25.2 Å². The molecule has 0 bridgehead atoms. The summed E-state index contributed by atoms with van der Waals surface area (Å²) in [4.78, 5) is 11.6. The lowest BCUT2D eigenvalue weighted by atomic mass is 10.2. The van der Waals surface area contributed by atoms with Crippen LogP contribution in [0, 0.1) is 0 Å². The minimum atomic E-state index is -0.319. The van der Waals surface area contributed by atoms with E-state index >= 15 is 0 Å². The maximum absolute atomic E-state index is 11.6. The van der Waals surface area contributed by atoms with Crippen molar-refractivity contribution in [1.82, 2.24) is 5.32 Å². The summed E-state index contributed by atoms with van der Waals surface area (Å²) in [5, 5.41) is 3.45. The molecule has 0 saturated heterocycles. The second-order valence-corrected chi connectivity index (χ2v) is 6.10. The molecule has 0 spiro atoms. The van der Waals surface area contributed by atoms with Crippen LogP contribution in [0.5, 0.6) is 5.75 Å². The first-order chi connectivity index (χ1) is 10.2. The molecule has 2 rings (SSSR count). The van der Waals surface area contributed by atoms with Gasteiger partial charge in [0.2, 0.25) is 0 Å². The largest absolute Gasteiger partial charge is 0.480 e. The Morgan fingerprint density at radius 2 is 2.24 bits per heavy atom. The molecule has 1 aliphatic carbocycles.